The van der Waals surface area contributed by atoms with Crippen molar-refractivity contribution in [2.45, 2.75) is 50.7 Å². The fraction of sp³-hybridized carbons (Fsp3) is 0.526. The summed E-state index contributed by atoms with van der Waals surface area (Å²) in [5.74, 6) is 0.112. The van der Waals surface area contributed by atoms with Crippen LogP contribution in [0.25, 0.3) is 0 Å². The van der Waals surface area contributed by atoms with Crippen molar-refractivity contribution in [1.29, 1.82) is 0 Å². The van der Waals surface area contributed by atoms with Crippen LogP contribution in [0.1, 0.15) is 55.6 Å². The van der Waals surface area contributed by atoms with Gasteiger partial charge in [0.15, 0.2) is 5.82 Å². The summed E-state index contributed by atoms with van der Waals surface area (Å²) in [4.78, 5) is 14.5. The molecule has 1 N–H and O–H groups in total. The van der Waals surface area contributed by atoms with Gasteiger partial charge in [0.2, 0.25) is 5.91 Å². The van der Waals surface area contributed by atoms with Crippen LogP contribution in [0.5, 0.6) is 0 Å². The first-order chi connectivity index (χ1) is 12.6. The summed E-state index contributed by atoms with van der Waals surface area (Å²) in [6.45, 7) is 0.286. The van der Waals surface area contributed by atoms with Crippen LogP contribution in [-0.2, 0) is 11.3 Å². The van der Waals surface area contributed by atoms with Gasteiger partial charge < -0.3 is 9.88 Å². The third kappa shape index (κ3) is 4.09. The Hall–Kier alpha value is -2.28. The minimum atomic E-state index is -0.692. The molecule has 0 aliphatic heterocycles. The van der Waals surface area contributed by atoms with Crippen molar-refractivity contribution in [3.63, 3.8) is 0 Å². The second-order valence-corrected chi connectivity index (χ2v) is 7.05. The van der Waals surface area contributed by atoms with Gasteiger partial charge in [-0.15, -0.1) is 10.2 Å². The van der Waals surface area contributed by atoms with Gasteiger partial charge in [-0.25, -0.2) is 4.39 Å². The Kier molecular flexibility index (Phi) is 5.98. The summed E-state index contributed by atoms with van der Waals surface area (Å²) < 4.78 is 16.2. The lowest BCUT2D eigenvalue weighted by atomic mass is 9.95. The van der Waals surface area contributed by atoms with Crippen molar-refractivity contribution >= 4 is 5.91 Å². The number of hydrogen-bond acceptors (Lipinski definition) is 4. The Morgan fingerprint density at radius 1 is 1.31 bits per heavy atom. The molecule has 140 valence electrons. The van der Waals surface area contributed by atoms with Crippen LogP contribution < -0.4 is 5.32 Å². The van der Waals surface area contributed by atoms with Crippen molar-refractivity contribution in [3.8, 4) is 0 Å². The molecule has 3 rings (SSSR count). The molecular formula is C19H26FN5O. The van der Waals surface area contributed by atoms with E-state index in [1.54, 1.807) is 43.5 Å². The molecule has 1 saturated carbocycles. The number of benzene rings is 1. The quantitative estimate of drug-likeness (QED) is 0.861. The Morgan fingerprint density at radius 2 is 2.04 bits per heavy atom. The number of halogens is 1. The van der Waals surface area contributed by atoms with Crippen molar-refractivity contribution in [2.24, 2.45) is 0 Å². The molecule has 0 bridgehead atoms. The number of aromatic nitrogens is 3. The molecule has 0 saturated heterocycles. The topological polar surface area (TPSA) is 63.1 Å². The normalized spacial score (nSPS) is 16.6. The van der Waals surface area contributed by atoms with Crippen LogP contribution in [-0.4, -0.2) is 39.7 Å². The van der Waals surface area contributed by atoms with E-state index in [-0.39, 0.29) is 18.3 Å². The lowest BCUT2D eigenvalue weighted by Crippen LogP contribution is -2.37. The second-order valence-electron chi connectivity index (χ2n) is 7.05. The van der Waals surface area contributed by atoms with Gasteiger partial charge in [0.05, 0.1) is 6.54 Å². The first-order valence-electron chi connectivity index (χ1n) is 9.15. The molecule has 1 aromatic heterocycles. The molecule has 0 unspecified atom stereocenters. The highest BCUT2D eigenvalue weighted by molar-refractivity contribution is 5.83. The molecule has 0 radical (unpaired) electrons. The van der Waals surface area contributed by atoms with Crippen molar-refractivity contribution < 1.29 is 9.18 Å². The molecule has 1 heterocycles. The number of likely N-dealkylation sites (N-methyl/N-ethyl adjacent to an activating group) is 1. The third-order valence-electron chi connectivity index (χ3n) is 5.00. The number of nitrogens with one attached hydrogen (secondary N) is 1. The highest BCUT2D eigenvalue weighted by atomic mass is 19.1. The lowest BCUT2D eigenvalue weighted by molar-refractivity contribution is -0.126. The Bertz CT molecular complexity index is 739. The Morgan fingerprint density at radius 3 is 2.73 bits per heavy atom. The lowest BCUT2D eigenvalue weighted by Gasteiger charge is -2.25. The second kappa shape index (κ2) is 8.40. The monoisotopic (exact) mass is 359 g/mol. The molecule has 1 atom stereocenters. The summed E-state index contributed by atoms with van der Waals surface area (Å²) in [6, 6.07) is 6.09. The molecule has 7 heteroatoms. The molecule has 2 aromatic rings. The molecule has 0 spiro atoms. The van der Waals surface area contributed by atoms with Crippen LogP contribution in [0.2, 0.25) is 0 Å². The fourth-order valence-electron chi connectivity index (χ4n) is 3.67. The largest absolute Gasteiger partial charge is 0.347 e. The average molecular weight is 359 g/mol. The first-order valence-corrected chi connectivity index (χ1v) is 9.15. The van der Waals surface area contributed by atoms with E-state index in [9.17, 15) is 9.18 Å². The van der Waals surface area contributed by atoms with Crippen molar-refractivity contribution in [3.05, 3.63) is 47.8 Å². The van der Waals surface area contributed by atoms with E-state index in [2.05, 4.69) is 20.1 Å². The maximum absolute atomic E-state index is 14.1. The molecule has 1 amide bonds. The van der Waals surface area contributed by atoms with Crippen molar-refractivity contribution in [2.75, 3.05) is 14.1 Å². The standard InChI is InChI=1S/C19H26FN5O/c1-24(2)18(15-10-6-7-11-16(15)20)19(26)21-12-17-23-22-13-25(17)14-8-4-3-5-9-14/h6-7,10-11,13-14,18H,3-5,8-9,12H2,1-2H3,(H,21,26)/t18-/m0/s1. The highest BCUT2D eigenvalue weighted by Crippen LogP contribution is 2.28. The maximum Gasteiger partial charge on any atom is 0.242 e. The minimum Gasteiger partial charge on any atom is -0.347 e. The molecule has 1 aromatic carbocycles. The maximum atomic E-state index is 14.1. The van der Waals surface area contributed by atoms with Gasteiger partial charge in [0.1, 0.15) is 18.2 Å². The van der Waals surface area contributed by atoms with E-state index < -0.39 is 6.04 Å². The van der Waals surface area contributed by atoms with Gasteiger partial charge in [-0.05, 0) is 33.0 Å². The third-order valence-corrected chi connectivity index (χ3v) is 5.00. The van der Waals surface area contributed by atoms with Gasteiger partial charge in [0.25, 0.3) is 0 Å². The predicted octanol–water partition coefficient (Wildman–Crippen LogP) is 2.84. The molecule has 26 heavy (non-hydrogen) atoms. The van der Waals surface area contributed by atoms with Gasteiger partial charge in [0, 0.05) is 11.6 Å². The summed E-state index contributed by atoms with van der Waals surface area (Å²) >= 11 is 0. The SMILES string of the molecule is CN(C)[C@H](C(=O)NCc1nncn1C1CCCCC1)c1ccccc1F. The van der Waals surface area contributed by atoms with Crippen LogP contribution in [0.4, 0.5) is 4.39 Å². The molecule has 1 aliphatic carbocycles. The summed E-state index contributed by atoms with van der Waals surface area (Å²) in [6.07, 6.45) is 7.69. The zero-order valence-corrected chi connectivity index (χ0v) is 15.4. The molecular weight excluding hydrogens is 333 g/mol. The summed E-state index contributed by atoms with van der Waals surface area (Å²) in [5, 5.41) is 11.1. The smallest absolute Gasteiger partial charge is 0.242 e. The van der Waals surface area contributed by atoms with Crippen LogP contribution in [0, 0.1) is 5.82 Å². The molecule has 6 nitrogen and oxygen atoms in total. The first kappa shape index (κ1) is 18.5. The van der Waals surface area contributed by atoms with E-state index in [1.165, 1.54) is 25.3 Å². The zero-order chi connectivity index (χ0) is 18.5. The summed E-state index contributed by atoms with van der Waals surface area (Å²) in [5.41, 5.74) is 0.365. The predicted molar refractivity (Wildman–Crippen MR) is 96.8 cm³/mol. The van der Waals surface area contributed by atoms with Gasteiger partial charge in [-0.3, -0.25) is 9.69 Å². The van der Waals surface area contributed by atoms with Crippen LogP contribution in [0.3, 0.4) is 0 Å². The zero-order valence-electron chi connectivity index (χ0n) is 15.4. The number of carbonyl (C=O) groups is 1. The average Bonchev–Trinajstić information content (AvgIpc) is 3.11. The molecule has 1 fully saturated rings. The highest BCUT2D eigenvalue weighted by Gasteiger charge is 2.26. The summed E-state index contributed by atoms with van der Waals surface area (Å²) in [7, 11) is 3.53. The number of nitrogens with zero attached hydrogens (tertiary/aromatic N) is 4. The van der Waals surface area contributed by atoms with Gasteiger partial charge in [-0.2, -0.15) is 0 Å². The van der Waals surface area contributed by atoms with Crippen molar-refractivity contribution in [1.82, 2.24) is 25.0 Å². The number of carbonyl (C=O) groups excluding carboxylic acids is 1. The van der Waals surface area contributed by atoms with E-state index in [4.69, 9.17) is 0 Å². The number of rotatable bonds is 6. The van der Waals surface area contributed by atoms with E-state index in [0.717, 1.165) is 18.7 Å². The fourth-order valence-corrected chi connectivity index (χ4v) is 3.67. The van der Waals surface area contributed by atoms with Gasteiger partial charge >= 0.3 is 0 Å². The van der Waals surface area contributed by atoms with E-state index in [1.807, 2.05) is 0 Å². The van der Waals surface area contributed by atoms with E-state index >= 15 is 0 Å². The van der Waals surface area contributed by atoms with E-state index in [0.29, 0.717) is 11.6 Å². The minimum absolute atomic E-state index is 0.252. The van der Waals surface area contributed by atoms with Crippen LogP contribution >= 0.6 is 0 Å². The van der Waals surface area contributed by atoms with Crippen LogP contribution in [0.15, 0.2) is 30.6 Å². The molecule has 1 aliphatic rings. The number of hydrogen-bond donors (Lipinski definition) is 1. The Balaban J connectivity index is 1.70. The Labute approximate surface area is 153 Å². The van der Waals surface area contributed by atoms with Gasteiger partial charge in [-0.1, -0.05) is 37.5 Å². The number of amides is 1.